The molecule has 1 atom stereocenters. The van der Waals surface area contributed by atoms with Crippen LogP contribution in [0.15, 0.2) is 95.9 Å². The van der Waals surface area contributed by atoms with Crippen molar-refractivity contribution in [1.29, 1.82) is 0 Å². The number of halogens is 3. The minimum absolute atomic E-state index is 0.135. The number of nitrogens with one attached hydrogen (secondary N) is 1. The van der Waals surface area contributed by atoms with Crippen molar-refractivity contribution in [3.8, 4) is 11.5 Å². The molecule has 4 rings (SSSR count). The number of carbonyl (C=O) groups excluding carboxylic acids is 2. The molecule has 0 fully saturated rings. The van der Waals surface area contributed by atoms with E-state index < -0.39 is 34.4 Å². The second-order valence-electron chi connectivity index (χ2n) is 11.1. The normalized spacial score (nSPS) is 11.9. The maximum atomic E-state index is 14.6. The van der Waals surface area contributed by atoms with Crippen molar-refractivity contribution in [2.45, 2.75) is 43.8 Å². The van der Waals surface area contributed by atoms with E-state index in [0.29, 0.717) is 16.3 Å². The van der Waals surface area contributed by atoms with Gasteiger partial charge in [0, 0.05) is 45.7 Å². The van der Waals surface area contributed by atoms with Crippen molar-refractivity contribution in [2.75, 3.05) is 25.1 Å². The van der Waals surface area contributed by atoms with E-state index in [1.54, 1.807) is 18.2 Å². The SMILES string of the molecule is COc1ccc(S(=O)(=O)N(CC(=O)N(Cc2c(Cl)cccc2Cl)[C@H](Cc2ccccc2)C(=O)NC(C)C)c2ccc(Cl)cc2)cc1OC. The summed E-state index contributed by atoms with van der Waals surface area (Å²) in [6.07, 6.45) is 0.135. The van der Waals surface area contributed by atoms with Gasteiger partial charge in [-0.3, -0.25) is 13.9 Å². The van der Waals surface area contributed by atoms with Crippen LogP contribution < -0.4 is 19.1 Å². The van der Waals surface area contributed by atoms with E-state index in [1.165, 1.54) is 61.6 Å². The van der Waals surface area contributed by atoms with Gasteiger partial charge in [0.15, 0.2) is 11.5 Å². The minimum atomic E-state index is -4.41. The van der Waals surface area contributed by atoms with Gasteiger partial charge in [0.1, 0.15) is 12.6 Å². The number of hydrogen-bond acceptors (Lipinski definition) is 6. The van der Waals surface area contributed by atoms with Gasteiger partial charge in [-0.1, -0.05) is 71.2 Å². The Morgan fingerprint density at radius 3 is 2.02 bits per heavy atom. The summed E-state index contributed by atoms with van der Waals surface area (Å²) in [5, 5.41) is 3.86. The third-order valence-electron chi connectivity index (χ3n) is 7.43. The van der Waals surface area contributed by atoms with Crippen LogP contribution in [0.1, 0.15) is 25.0 Å². The van der Waals surface area contributed by atoms with Gasteiger partial charge in [-0.25, -0.2) is 8.42 Å². The number of rotatable bonds is 14. The topological polar surface area (TPSA) is 105 Å². The highest BCUT2D eigenvalue weighted by molar-refractivity contribution is 7.92. The monoisotopic (exact) mass is 731 g/mol. The molecule has 13 heteroatoms. The van der Waals surface area contributed by atoms with E-state index in [1.807, 2.05) is 44.2 Å². The molecule has 0 aliphatic heterocycles. The molecule has 0 spiro atoms. The lowest BCUT2D eigenvalue weighted by molar-refractivity contribution is -0.140. The lowest BCUT2D eigenvalue weighted by atomic mass is 10.0. The van der Waals surface area contributed by atoms with Gasteiger partial charge in [0.25, 0.3) is 10.0 Å². The first-order valence-corrected chi connectivity index (χ1v) is 17.5. The molecule has 2 amide bonds. The molecular weight excluding hydrogens is 697 g/mol. The van der Waals surface area contributed by atoms with Gasteiger partial charge in [-0.2, -0.15) is 0 Å². The first-order valence-electron chi connectivity index (χ1n) is 14.9. The fourth-order valence-electron chi connectivity index (χ4n) is 5.03. The molecule has 9 nitrogen and oxygen atoms in total. The fraction of sp³-hybridized carbons (Fsp3) is 0.257. The van der Waals surface area contributed by atoms with E-state index in [9.17, 15) is 18.0 Å². The second kappa shape index (κ2) is 16.4. The van der Waals surface area contributed by atoms with Gasteiger partial charge >= 0.3 is 0 Å². The summed E-state index contributed by atoms with van der Waals surface area (Å²) in [4.78, 5) is 29.7. The molecule has 4 aromatic rings. The zero-order valence-electron chi connectivity index (χ0n) is 26.8. The number of methoxy groups -OCH3 is 2. The van der Waals surface area contributed by atoms with Crippen molar-refractivity contribution >= 4 is 62.3 Å². The summed E-state index contributed by atoms with van der Waals surface area (Å²) in [7, 11) is -1.58. The van der Waals surface area contributed by atoms with Crippen LogP contribution in [0.4, 0.5) is 5.69 Å². The zero-order valence-corrected chi connectivity index (χ0v) is 29.9. The Kier molecular flexibility index (Phi) is 12.6. The van der Waals surface area contributed by atoms with Crippen molar-refractivity contribution in [1.82, 2.24) is 10.2 Å². The molecule has 0 aliphatic carbocycles. The van der Waals surface area contributed by atoms with Crippen LogP contribution in [-0.2, 0) is 32.6 Å². The molecule has 0 radical (unpaired) electrons. The number of benzene rings is 4. The first kappa shape index (κ1) is 36.9. The fourth-order valence-corrected chi connectivity index (χ4v) is 7.10. The summed E-state index contributed by atoms with van der Waals surface area (Å²) in [5.74, 6) is -0.589. The number of carbonyl (C=O) groups is 2. The summed E-state index contributed by atoms with van der Waals surface area (Å²) in [6.45, 7) is 2.77. The van der Waals surface area contributed by atoms with Crippen LogP contribution in [0.2, 0.25) is 15.1 Å². The number of amides is 2. The molecular formula is C35H36Cl3N3O6S. The molecule has 4 aromatic carbocycles. The minimum Gasteiger partial charge on any atom is -0.493 e. The number of anilines is 1. The maximum Gasteiger partial charge on any atom is 0.264 e. The predicted octanol–water partition coefficient (Wildman–Crippen LogP) is 7.02. The lowest BCUT2D eigenvalue weighted by Gasteiger charge is -2.34. The van der Waals surface area contributed by atoms with E-state index >= 15 is 0 Å². The average Bonchev–Trinajstić information content (AvgIpc) is 3.06. The van der Waals surface area contributed by atoms with Crippen LogP contribution in [-0.4, -0.2) is 58.0 Å². The lowest BCUT2D eigenvalue weighted by Crippen LogP contribution is -2.54. The number of nitrogens with zero attached hydrogens (tertiary/aromatic N) is 2. The number of sulfonamides is 1. The summed E-state index contributed by atoms with van der Waals surface area (Å²) >= 11 is 19.3. The van der Waals surface area contributed by atoms with Crippen LogP contribution >= 0.6 is 34.8 Å². The predicted molar refractivity (Wildman–Crippen MR) is 190 cm³/mol. The Balaban J connectivity index is 1.86. The number of ether oxygens (including phenoxy) is 2. The third-order valence-corrected chi connectivity index (χ3v) is 10.2. The molecule has 0 saturated heterocycles. The van der Waals surface area contributed by atoms with Gasteiger partial charge < -0.3 is 19.7 Å². The Morgan fingerprint density at radius 2 is 1.44 bits per heavy atom. The Labute approximate surface area is 296 Å². The molecule has 0 heterocycles. The van der Waals surface area contributed by atoms with E-state index in [0.717, 1.165) is 9.87 Å². The standard InChI is InChI=1S/C35H36Cl3N3O6S/c1-23(2)39-35(43)31(19-24-9-6-5-7-10-24)40(21-28-29(37)11-8-12-30(28)38)34(42)22-41(26-15-13-25(36)14-16-26)48(44,45)27-17-18-32(46-3)33(20-27)47-4/h5-18,20,23,31H,19,21-22H2,1-4H3,(H,39,43)/t31-/m1/s1. The van der Waals surface area contributed by atoms with Gasteiger partial charge in [0.05, 0.1) is 24.8 Å². The van der Waals surface area contributed by atoms with Gasteiger partial charge in [0.2, 0.25) is 11.8 Å². The van der Waals surface area contributed by atoms with Gasteiger partial charge in [-0.15, -0.1) is 0 Å². The van der Waals surface area contributed by atoms with Gasteiger partial charge in [-0.05, 0) is 67.9 Å². The molecule has 1 N–H and O–H groups in total. The molecule has 0 unspecified atom stereocenters. The molecule has 0 aromatic heterocycles. The zero-order chi connectivity index (χ0) is 35.0. The molecule has 48 heavy (non-hydrogen) atoms. The Morgan fingerprint density at radius 1 is 0.812 bits per heavy atom. The first-order chi connectivity index (χ1) is 22.8. The van der Waals surface area contributed by atoms with Crippen LogP contribution in [0.3, 0.4) is 0 Å². The van der Waals surface area contributed by atoms with E-state index in [-0.39, 0.29) is 45.4 Å². The van der Waals surface area contributed by atoms with Crippen molar-refractivity contribution in [3.63, 3.8) is 0 Å². The average molecular weight is 733 g/mol. The highest BCUT2D eigenvalue weighted by Crippen LogP contribution is 2.33. The highest BCUT2D eigenvalue weighted by Gasteiger charge is 2.35. The Hall–Kier alpha value is -3.96. The van der Waals surface area contributed by atoms with Crippen molar-refractivity contribution < 1.29 is 27.5 Å². The van der Waals surface area contributed by atoms with Crippen molar-refractivity contribution in [3.05, 3.63) is 117 Å². The molecule has 0 aliphatic rings. The quantitative estimate of drug-likeness (QED) is 0.149. The third kappa shape index (κ3) is 8.93. The summed E-state index contributed by atoms with van der Waals surface area (Å²) in [5.41, 5.74) is 1.37. The largest absolute Gasteiger partial charge is 0.493 e. The smallest absolute Gasteiger partial charge is 0.264 e. The Bertz CT molecular complexity index is 1820. The van der Waals surface area contributed by atoms with Crippen molar-refractivity contribution in [2.24, 2.45) is 0 Å². The second-order valence-corrected chi connectivity index (χ2v) is 14.2. The van der Waals surface area contributed by atoms with Crippen LogP contribution in [0.5, 0.6) is 11.5 Å². The summed E-state index contributed by atoms with van der Waals surface area (Å²) < 4.78 is 40.3. The van der Waals surface area contributed by atoms with Crippen LogP contribution in [0.25, 0.3) is 0 Å². The van der Waals surface area contributed by atoms with Crippen LogP contribution in [0, 0.1) is 0 Å². The summed E-state index contributed by atoms with van der Waals surface area (Å²) in [6, 6.07) is 23.0. The van der Waals surface area contributed by atoms with E-state index in [4.69, 9.17) is 44.3 Å². The maximum absolute atomic E-state index is 14.6. The highest BCUT2D eigenvalue weighted by atomic mass is 35.5. The number of hydrogen-bond donors (Lipinski definition) is 1. The molecule has 254 valence electrons. The molecule has 0 bridgehead atoms. The van der Waals surface area contributed by atoms with E-state index in [2.05, 4.69) is 5.32 Å². The molecule has 0 saturated carbocycles.